The summed E-state index contributed by atoms with van der Waals surface area (Å²) in [6.07, 6.45) is 0. The Morgan fingerprint density at radius 2 is 1.17 bits per heavy atom. The van der Waals surface area contributed by atoms with E-state index in [1.807, 2.05) is 0 Å². The molecule has 16 heteroatoms. The second-order valence-electron chi connectivity index (χ2n) is 5.39. The molecule has 2 fully saturated rings. The van der Waals surface area contributed by atoms with E-state index in [9.17, 15) is 24.5 Å². The smallest absolute Gasteiger partial charge is 0.299 e. The number of nitrogens with two attached hydrogens (primary N) is 5. The Hall–Kier alpha value is -2.24. The van der Waals surface area contributed by atoms with E-state index in [1.54, 1.807) is 0 Å². The van der Waals surface area contributed by atoms with Crippen molar-refractivity contribution in [3.63, 3.8) is 0 Å². The molecule has 1 saturated heterocycles. The van der Waals surface area contributed by atoms with Crippen LogP contribution in [0.25, 0.3) is 0 Å². The van der Waals surface area contributed by atoms with Crippen LogP contribution in [0.1, 0.15) is 0 Å². The van der Waals surface area contributed by atoms with Gasteiger partial charge in [-0.05, 0) is 20.7 Å². The summed E-state index contributed by atoms with van der Waals surface area (Å²) in [4.78, 5) is 55.5. The van der Waals surface area contributed by atoms with Gasteiger partial charge in [0.15, 0.2) is 5.60 Å². The van der Waals surface area contributed by atoms with Gasteiger partial charge in [0.1, 0.15) is 12.1 Å². The monoisotopic (exact) mass is 332 g/mol. The summed E-state index contributed by atoms with van der Waals surface area (Å²) in [5, 5.41) is 12.0. The Kier molecular flexibility index (Phi) is 3.12. The van der Waals surface area contributed by atoms with E-state index < -0.39 is 40.5 Å². The molecule has 1 heterocycles. The lowest BCUT2D eigenvalue weighted by Crippen LogP contribution is -3.05. The number of rotatable bonds is 6. The first kappa shape index (κ1) is 17.1. The van der Waals surface area contributed by atoms with Crippen molar-refractivity contribution in [2.45, 2.75) is 34.0 Å². The maximum Gasteiger partial charge on any atom is 0.299 e. The van der Waals surface area contributed by atoms with Gasteiger partial charge in [-0.1, -0.05) is 5.18 Å². The third-order valence-electron chi connectivity index (χ3n) is 4.77. The first-order valence-corrected chi connectivity index (χ1v) is 5.83. The van der Waals surface area contributed by atoms with Crippen LogP contribution < -0.4 is 28.7 Å². The van der Waals surface area contributed by atoms with Crippen LogP contribution >= 0.6 is 0 Å². The fourth-order valence-corrected chi connectivity index (χ4v) is 3.42. The molecule has 4 unspecified atom stereocenters. The van der Waals surface area contributed by atoms with Crippen molar-refractivity contribution in [1.82, 2.24) is 0 Å². The Morgan fingerprint density at radius 3 is 1.52 bits per heavy atom. The molecular weight excluding hydrogens is 320 g/mol. The number of nitrogens with zero attached hydrogens (tertiary/aromatic N) is 5. The third-order valence-corrected chi connectivity index (χ3v) is 4.77. The molecule has 0 radical (unpaired) electrons. The van der Waals surface area contributed by atoms with Gasteiger partial charge in [-0.25, -0.2) is 0 Å². The molecule has 2 aliphatic rings. The van der Waals surface area contributed by atoms with Gasteiger partial charge >= 0.3 is 0 Å². The lowest BCUT2D eigenvalue weighted by atomic mass is 9.45. The number of hydrogen-bond acceptors (Lipinski definition) is 16. The summed E-state index contributed by atoms with van der Waals surface area (Å²) in [5.41, 5.74) is 14.1. The second kappa shape index (κ2) is 4.19. The fourth-order valence-electron chi connectivity index (χ4n) is 3.42. The lowest BCUT2D eigenvalue weighted by Gasteiger charge is -2.67. The van der Waals surface area contributed by atoms with Gasteiger partial charge in [0, 0.05) is 0 Å². The van der Waals surface area contributed by atoms with Crippen molar-refractivity contribution in [2.75, 3.05) is 6.54 Å². The molecule has 23 heavy (non-hydrogen) atoms. The number of ether oxygens (including phenoxy) is 1. The minimum absolute atomic E-state index is 1.11. The summed E-state index contributed by atoms with van der Waals surface area (Å²) in [5.74, 6) is -3.03. The van der Waals surface area contributed by atoms with E-state index >= 15 is 0 Å². The van der Waals surface area contributed by atoms with Crippen molar-refractivity contribution in [3.8, 4) is 0 Å². The van der Waals surface area contributed by atoms with Crippen molar-refractivity contribution >= 4 is 0 Å². The summed E-state index contributed by atoms with van der Waals surface area (Å²) < 4.78 is 5.00. The summed E-state index contributed by atoms with van der Waals surface area (Å²) >= 11 is 0. The standard InChI is InChI=1S/C7H12N10O6/c8-3-2(1-13-18,4(9,14-19)5(3,10)15-20)23-7(12,17-22)6(3,11)16-21/h1,8-12H2/t2?,3?,4-,5?,6?,7-/m1/s1. The molecule has 0 aromatic heterocycles. The van der Waals surface area contributed by atoms with Crippen LogP contribution in [-0.2, 0) is 4.74 Å². The average Bonchev–Trinajstić information content (AvgIpc) is 2.70. The lowest BCUT2D eigenvalue weighted by molar-refractivity contribution is -0.232. The predicted molar refractivity (Wildman–Crippen MR) is 72.2 cm³/mol. The molecule has 16 nitrogen and oxygen atoms in total. The second-order valence-corrected chi connectivity index (χ2v) is 5.39. The minimum Gasteiger partial charge on any atom is -0.320 e. The van der Waals surface area contributed by atoms with Crippen LogP contribution in [0.5, 0.6) is 0 Å². The molecule has 10 N–H and O–H groups in total. The van der Waals surface area contributed by atoms with Crippen LogP contribution in [0, 0.1) is 24.5 Å². The Bertz CT molecular complexity index is 633. The summed E-state index contributed by atoms with van der Waals surface area (Å²) in [7, 11) is 0. The third kappa shape index (κ3) is 1.15. The normalized spacial score (nSPS) is 54.5. The van der Waals surface area contributed by atoms with Gasteiger partial charge in [-0.3, -0.25) is 22.9 Å². The zero-order chi connectivity index (χ0) is 17.9. The molecule has 0 aromatic rings. The highest BCUT2D eigenvalue weighted by Crippen LogP contribution is 2.68. The first-order valence-electron chi connectivity index (χ1n) is 5.83. The van der Waals surface area contributed by atoms with E-state index in [-0.39, 0.29) is 0 Å². The van der Waals surface area contributed by atoms with Gasteiger partial charge in [-0.2, -0.15) is 4.91 Å². The van der Waals surface area contributed by atoms with Gasteiger partial charge in [0.25, 0.3) is 5.85 Å². The summed E-state index contributed by atoms with van der Waals surface area (Å²) in [6.45, 7) is -1.11. The Balaban J connectivity index is 2.94. The molecule has 6 atom stereocenters. The Labute approximate surface area is 125 Å². The van der Waals surface area contributed by atoms with E-state index in [2.05, 4.69) is 25.9 Å². The molecule has 1 aliphatic heterocycles. The molecule has 0 aromatic carbocycles. The highest BCUT2D eigenvalue weighted by molar-refractivity contribution is 5.52. The minimum atomic E-state index is -3.03. The van der Waals surface area contributed by atoms with Gasteiger partial charge in [0.2, 0.25) is 17.0 Å². The van der Waals surface area contributed by atoms with Gasteiger partial charge in [0.05, 0.1) is 0 Å². The Morgan fingerprint density at radius 1 is 0.696 bits per heavy atom. The molecule has 0 spiro atoms. The molecule has 0 bridgehead atoms. The van der Waals surface area contributed by atoms with Gasteiger partial charge in [-0.15, -0.1) is 19.6 Å². The van der Waals surface area contributed by atoms with Crippen LogP contribution in [0.15, 0.2) is 25.9 Å². The van der Waals surface area contributed by atoms with E-state index in [1.165, 1.54) is 0 Å². The highest BCUT2D eigenvalue weighted by Gasteiger charge is 3.02. The molecular formula is C7H12N10O6. The van der Waals surface area contributed by atoms with E-state index in [0.717, 1.165) is 0 Å². The molecule has 2 rings (SSSR count). The maximum absolute atomic E-state index is 11.3. The molecule has 1 saturated carbocycles. The molecule has 0 amide bonds. The van der Waals surface area contributed by atoms with Crippen molar-refractivity contribution in [1.29, 1.82) is 0 Å². The number of hydrogen-bond donors (Lipinski definition) is 5. The zero-order valence-electron chi connectivity index (χ0n) is 11.3. The maximum atomic E-state index is 11.3. The van der Waals surface area contributed by atoms with E-state index in [4.69, 9.17) is 33.4 Å². The van der Waals surface area contributed by atoms with Gasteiger partial charge < -0.3 is 10.5 Å². The molecule has 126 valence electrons. The van der Waals surface area contributed by atoms with Crippen LogP contribution in [0.3, 0.4) is 0 Å². The largest absolute Gasteiger partial charge is 0.320 e. The van der Waals surface area contributed by atoms with Crippen molar-refractivity contribution < 1.29 is 4.74 Å². The molecule has 1 aliphatic carbocycles. The quantitative estimate of drug-likeness (QED) is 0.303. The predicted octanol–water partition coefficient (Wildman–Crippen LogP) is -3.12. The van der Waals surface area contributed by atoms with Crippen molar-refractivity contribution in [3.05, 3.63) is 24.5 Å². The number of fused-ring (bicyclic) bond motifs is 1. The van der Waals surface area contributed by atoms with Crippen LogP contribution in [-0.4, -0.2) is 40.5 Å². The fraction of sp³-hybridized carbons (Fsp3) is 1.00. The average molecular weight is 332 g/mol. The zero-order valence-corrected chi connectivity index (χ0v) is 11.3. The van der Waals surface area contributed by atoms with Crippen LogP contribution in [0.4, 0.5) is 0 Å². The van der Waals surface area contributed by atoms with Crippen LogP contribution in [0.2, 0.25) is 0 Å². The van der Waals surface area contributed by atoms with E-state index in [0.29, 0.717) is 0 Å². The van der Waals surface area contributed by atoms with Crippen molar-refractivity contribution in [2.24, 2.45) is 54.6 Å². The topological polar surface area (TPSA) is 286 Å². The highest BCUT2D eigenvalue weighted by atomic mass is 16.6. The first-order chi connectivity index (χ1) is 10.5. The summed E-state index contributed by atoms with van der Waals surface area (Å²) in [6, 6.07) is 0. The SMILES string of the molecule is NC12C(N)(N=O)[C@](N)(N=O)C1(CN=O)O[C@](N)(N=O)C2(N)N=O. The number of nitroso groups, excluding NO2 is 5.